The van der Waals surface area contributed by atoms with E-state index in [9.17, 15) is 18.0 Å². The summed E-state index contributed by atoms with van der Waals surface area (Å²) in [6.45, 7) is 0. The third-order valence-electron chi connectivity index (χ3n) is 4.51. The van der Waals surface area contributed by atoms with Gasteiger partial charge < -0.3 is 0 Å². The minimum absolute atomic E-state index is 0.140. The zero-order chi connectivity index (χ0) is 19.5. The van der Waals surface area contributed by atoms with E-state index in [0.717, 1.165) is 15.3 Å². The van der Waals surface area contributed by atoms with Crippen LogP contribution in [0, 0.1) is 0 Å². The SMILES string of the molecule is O=c1c2cnc3nc(C(F)(F)F)nn3c2ccn1-c1cccc2ccccc12. The predicted octanol–water partition coefficient (Wildman–Crippen LogP) is 3.60. The minimum atomic E-state index is -4.70. The third-order valence-corrected chi connectivity index (χ3v) is 4.51. The Labute approximate surface area is 154 Å². The largest absolute Gasteiger partial charge is 0.453 e. The standard InChI is InChI=1S/C19H10F3N5O/c20-19(21,22)17-24-18-23-10-13-15(27(18)25-17)8-9-26(16(13)28)14-7-3-5-11-4-1-2-6-12(11)14/h1-10H. The van der Waals surface area contributed by atoms with Crippen LogP contribution < -0.4 is 5.56 Å². The molecule has 2 aromatic carbocycles. The first-order chi connectivity index (χ1) is 13.4. The van der Waals surface area contributed by atoms with Gasteiger partial charge in [-0.2, -0.15) is 22.7 Å². The summed E-state index contributed by atoms with van der Waals surface area (Å²) in [5, 5.41) is 5.46. The first-order valence-corrected chi connectivity index (χ1v) is 8.26. The first-order valence-electron chi connectivity index (χ1n) is 8.26. The van der Waals surface area contributed by atoms with Gasteiger partial charge in [0, 0.05) is 17.8 Å². The van der Waals surface area contributed by atoms with Gasteiger partial charge in [-0.1, -0.05) is 36.4 Å². The summed E-state index contributed by atoms with van der Waals surface area (Å²) < 4.78 is 41.1. The van der Waals surface area contributed by atoms with E-state index in [2.05, 4.69) is 15.1 Å². The molecule has 0 amide bonds. The van der Waals surface area contributed by atoms with Crippen molar-refractivity contribution in [1.82, 2.24) is 24.1 Å². The van der Waals surface area contributed by atoms with E-state index in [0.29, 0.717) is 5.69 Å². The van der Waals surface area contributed by atoms with Gasteiger partial charge in [0.2, 0.25) is 0 Å². The van der Waals surface area contributed by atoms with Crippen LogP contribution in [0.25, 0.3) is 33.1 Å². The maximum Gasteiger partial charge on any atom is 0.453 e. The monoisotopic (exact) mass is 381 g/mol. The number of fused-ring (bicyclic) bond motifs is 4. The lowest BCUT2D eigenvalue weighted by molar-refractivity contribution is -0.144. The highest BCUT2D eigenvalue weighted by molar-refractivity contribution is 5.90. The van der Waals surface area contributed by atoms with Gasteiger partial charge in [-0.25, -0.2) is 4.98 Å². The predicted molar refractivity (Wildman–Crippen MR) is 96.4 cm³/mol. The van der Waals surface area contributed by atoms with Crippen molar-refractivity contribution >= 4 is 27.5 Å². The van der Waals surface area contributed by atoms with Crippen LogP contribution in [0.15, 0.2) is 65.7 Å². The average molecular weight is 381 g/mol. The second-order valence-electron chi connectivity index (χ2n) is 6.19. The molecule has 3 aromatic heterocycles. The number of pyridine rings is 1. The molecule has 6 nitrogen and oxygen atoms in total. The molecule has 3 heterocycles. The quantitative estimate of drug-likeness (QED) is 0.445. The number of benzene rings is 2. The Morgan fingerprint density at radius 3 is 2.54 bits per heavy atom. The Morgan fingerprint density at radius 2 is 1.71 bits per heavy atom. The van der Waals surface area contributed by atoms with Crippen LogP contribution in [0.3, 0.4) is 0 Å². The Morgan fingerprint density at radius 1 is 0.929 bits per heavy atom. The van der Waals surface area contributed by atoms with Crippen molar-refractivity contribution in [2.75, 3.05) is 0 Å². The summed E-state index contributed by atoms with van der Waals surface area (Å²) in [4.78, 5) is 20.3. The molecule has 28 heavy (non-hydrogen) atoms. The summed E-state index contributed by atoms with van der Waals surface area (Å²) in [5.41, 5.74) is 0.460. The molecule has 0 N–H and O–H groups in total. The van der Waals surface area contributed by atoms with Gasteiger partial charge >= 0.3 is 6.18 Å². The summed E-state index contributed by atoms with van der Waals surface area (Å²) in [6.07, 6.45) is -1.96. The average Bonchev–Trinajstić information content (AvgIpc) is 3.13. The lowest BCUT2D eigenvalue weighted by atomic mass is 10.1. The number of aromatic nitrogens is 5. The maximum absolute atomic E-state index is 13.1. The molecule has 0 aliphatic carbocycles. The molecule has 0 fully saturated rings. The molecule has 0 radical (unpaired) electrons. The normalized spacial score (nSPS) is 12.2. The maximum atomic E-state index is 13.1. The zero-order valence-corrected chi connectivity index (χ0v) is 14.1. The van der Waals surface area contributed by atoms with Crippen molar-refractivity contribution in [1.29, 1.82) is 0 Å². The van der Waals surface area contributed by atoms with Crippen molar-refractivity contribution in [2.24, 2.45) is 0 Å². The Balaban J connectivity index is 1.80. The van der Waals surface area contributed by atoms with E-state index >= 15 is 0 Å². The highest BCUT2D eigenvalue weighted by atomic mass is 19.4. The molecule has 0 aliphatic heterocycles. The second kappa shape index (κ2) is 5.62. The molecule has 0 saturated carbocycles. The zero-order valence-electron chi connectivity index (χ0n) is 14.1. The van der Waals surface area contributed by atoms with Crippen LogP contribution >= 0.6 is 0 Å². The number of halogens is 3. The van der Waals surface area contributed by atoms with Crippen molar-refractivity contribution in [3.05, 3.63) is 77.1 Å². The molecule has 0 bridgehead atoms. The van der Waals surface area contributed by atoms with E-state index in [1.165, 1.54) is 23.0 Å². The molecular weight excluding hydrogens is 371 g/mol. The van der Waals surface area contributed by atoms with Gasteiger partial charge in [0.1, 0.15) is 0 Å². The molecule has 9 heteroatoms. The highest BCUT2D eigenvalue weighted by Crippen LogP contribution is 2.27. The van der Waals surface area contributed by atoms with E-state index < -0.39 is 17.6 Å². The topological polar surface area (TPSA) is 65.1 Å². The smallest absolute Gasteiger partial charge is 0.283 e. The molecule has 138 valence electrons. The van der Waals surface area contributed by atoms with Crippen LogP contribution in [0.2, 0.25) is 0 Å². The fraction of sp³-hybridized carbons (Fsp3) is 0.0526. The summed E-state index contributed by atoms with van der Waals surface area (Å²) in [6, 6.07) is 14.7. The fourth-order valence-corrected chi connectivity index (χ4v) is 3.25. The van der Waals surface area contributed by atoms with Gasteiger partial charge in [0.15, 0.2) is 0 Å². The van der Waals surface area contributed by atoms with Crippen molar-refractivity contribution in [3.63, 3.8) is 0 Å². The van der Waals surface area contributed by atoms with Gasteiger partial charge in [0.05, 0.1) is 16.6 Å². The van der Waals surface area contributed by atoms with Crippen molar-refractivity contribution in [3.8, 4) is 5.69 Å². The van der Waals surface area contributed by atoms with Gasteiger partial charge in [-0.15, -0.1) is 5.10 Å². The summed E-state index contributed by atoms with van der Waals surface area (Å²) in [5.74, 6) is -1.52. The highest BCUT2D eigenvalue weighted by Gasteiger charge is 2.36. The second-order valence-corrected chi connectivity index (χ2v) is 6.19. The molecule has 0 atom stereocenters. The third kappa shape index (κ3) is 2.36. The lowest BCUT2D eigenvalue weighted by Gasteiger charge is -2.10. The van der Waals surface area contributed by atoms with E-state index in [-0.39, 0.29) is 16.7 Å². The lowest BCUT2D eigenvalue weighted by Crippen LogP contribution is -2.19. The van der Waals surface area contributed by atoms with E-state index in [4.69, 9.17) is 0 Å². The Bertz CT molecular complexity index is 1430. The molecule has 0 spiro atoms. The number of hydrogen-bond donors (Lipinski definition) is 0. The van der Waals surface area contributed by atoms with Crippen LogP contribution in [0.5, 0.6) is 0 Å². The summed E-state index contributed by atoms with van der Waals surface area (Å²) >= 11 is 0. The molecule has 5 aromatic rings. The number of nitrogens with zero attached hydrogens (tertiary/aromatic N) is 5. The number of rotatable bonds is 1. The molecular formula is C19H10F3N5O. The van der Waals surface area contributed by atoms with Gasteiger partial charge in [0.25, 0.3) is 17.2 Å². The Hall–Kier alpha value is -3.75. The Kier molecular flexibility index (Phi) is 3.30. The van der Waals surface area contributed by atoms with Crippen LogP contribution in [0.4, 0.5) is 13.2 Å². The molecule has 0 saturated heterocycles. The van der Waals surface area contributed by atoms with E-state index in [1.54, 1.807) is 6.07 Å². The van der Waals surface area contributed by atoms with E-state index in [1.807, 2.05) is 36.4 Å². The fourth-order valence-electron chi connectivity index (χ4n) is 3.25. The van der Waals surface area contributed by atoms with Crippen molar-refractivity contribution in [2.45, 2.75) is 6.18 Å². The van der Waals surface area contributed by atoms with Gasteiger partial charge in [-0.3, -0.25) is 9.36 Å². The minimum Gasteiger partial charge on any atom is -0.283 e. The number of hydrogen-bond acceptors (Lipinski definition) is 4. The first kappa shape index (κ1) is 16.4. The molecule has 0 unspecified atom stereocenters. The molecule has 0 aliphatic rings. The molecule has 5 rings (SSSR count). The van der Waals surface area contributed by atoms with Gasteiger partial charge in [-0.05, 0) is 17.5 Å². The van der Waals surface area contributed by atoms with Crippen LogP contribution in [0.1, 0.15) is 5.82 Å². The van der Waals surface area contributed by atoms with Crippen LogP contribution in [-0.4, -0.2) is 24.1 Å². The summed E-state index contributed by atoms with van der Waals surface area (Å²) in [7, 11) is 0. The van der Waals surface area contributed by atoms with Crippen molar-refractivity contribution < 1.29 is 13.2 Å². The number of alkyl halides is 3. The van der Waals surface area contributed by atoms with Crippen LogP contribution in [-0.2, 0) is 6.18 Å².